The van der Waals surface area contributed by atoms with Crippen LogP contribution in [0, 0.1) is 0 Å². The van der Waals surface area contributed by atoms with Gasteiger partial charge < -0.3 is 4.74 Å². The molecule has 2 aromatic rings. The third kappa shape index (κ3) is 3.44. The Morgan fingerprint density at radius 1 is 1.21 bits per heavy atom. The van der Waals surface area contributed by atoms with Crippen molar-refractivity contribution in [1.82, 2.24) is 9.97 Å². The van der Waals surface area contributed by atoms with Crippen LogP contribution in [0.3, 0.4) is 0 Å². The quantitative estimate of drug-likeness (QED) is 0.780. The molecule has 0 radical (unpaired) electrons. The Hall–Kier alpha value is -1.61. The molecule has 1 aromatic heterocycles. The number of hydrogen-bond donors (Lipinski definition) is 0. The molecule has 0 aliphatic carbocycles. The Kier molecular flexibility index (Phi) is 4.38. The third-order valence-electron chi connectivity index (χ3n) is 2.71. The number of hydrogen-bond acceptors (Lipinski definition) is 3. The van der Waals surface area contributed by atoms with Crippen molar-refractivity contribution >= 4 is 11.6 Å². The van der Waals surface area contributed by atoms with E-state index in [0.717, 1.165) is 17.0 Å². The number of aromatic nitrogens is 2. The number of benzene rings is 1. The summed E-state index contributed by atoms with van der Waals surface area (Å²) in [5.41, 5.74) is 1.85. The van der Waals surface area contributed by atoms with Gasteiger partial charge in [0.2, 0.25) is 0 Å². The zero-order valence-electron chi connectivity index (χ0n) is 11.4. The van der Waals surface area contributed by atoms with E-state index in [1.807, 2.05) is 37.3 Å². The van der Waals surface area contributed by atoms with Gasteiger partial charge in [-0.1, -0.05) is 37.6 Å². The molecule has 0 fully saturated rings. The van der Waals surface area contributed by atoms with E-state index in [9.17, 15) is 0 Å². The van der Waals surface area contributed by atoms with Crippen LogP contribution in [0.4, 0.5) is 0 Å². The Labute approximate surface area is 118 Å². The summed E-state index contributed by atoms with van der Waals surface area (Å²) >= 11 is 6.06. The van der Waals surface area contributed by atoms with Gasteiger partial charge in [0.1, 0.15) is 10.9 Å². The molecule has 0 unspecified atom stereocenters. The molecule has 1 aromatic carbocycles. The second kappa shape index (κ2) is 6.02. The highest BCUT2D eigenvalue weighted by atomic mass is 35.5. The second-order valence-electron chi connectivity index (χ2n) is 4.55. The second-order valence-corrected chi connectivity index (χ2v) is 4.94. The first kappa shape index (κ1) is 13.8. The van der Waals surface area contributed by atoms with Gasteiger partial charge in [0.25, 0.3) is 0 Å². The lowest BCUT2D eigenvalue weighted by molar-refractivity contribution is 0.340. The molecule has 0 bridgehead atoms. The summed E-state index contributed by atoms with van der Waals surface area (Å²) in [6.07, 6.45) is 0. The molecule has 2 rings (SSSR count). The van der Waals surface area contributed by atoms with Crippen LogP contribution in [0.25, 0.3) is 11.4 Å². The van der Waals surface area contributed by atoms with Crippen molar-refractivity contribution in [2.45, 2.75) is 26.7 Å². The van der Waals surface area contributed by atoms with Crippen molar-refractivity contribution in [2.24, 2.45) is 0 Å². The maximum absolute atomic E-state index is 6.06. The summed E-state index contributed by atoms with van der Waals surface area (Å²) in [6.45, 7) is 6.76. The highest BCUT2D eigenvalue weighted by Crippen LogP contribution is 2.24. The maximum Gasteiger partial charge on any atom is 0.161 e. The summed E-state index contributed by atoms with van der Waals surface area (Å²) in [5, 5.41) is 0.468. The average molecular weight is 277 g/mol. The van der Waals surface area contributed by atoms with E-state index in [4.69, 9.17) is 16.3 Å². The highest BCUT2D eigenvalue weighted by Gasteiger charge is 2.09. The van der Waals surface area contributed by atoms with E-state index in [-0.39, 0.29) is 0 Å². The van der Waals surface area contributed by atoms with Crippen molar-refractivity contribution in [1.29, 1.82) is 0 Å². The van der Waals surface area contributed by atoms with Crippen LogP contribution >= 0.6 is 11.6 Å². The van der Waals surface area contributed by atoms with Crippen LogP contribution in [0.1, 0.15) is 32.4 Å². The van der Waals surface area contributed by atoms with Gasteiger partial charge in [-0.15, -0.1) is 0 Å². The highest BCUT2D eigenvalue weighted by molar-refractivity contribution is 6.29. The topological polar surface area (TPSA) is 35.0 Å². The van der Waals surface area contributed by atoms with E-state index < -0.39 is 0 Å². The predicted octanol–water partition coefficient (Wildman–Crippen LogP) is 4.32. The minimum Gasteiger partial charge on any atom is -0.494 e. The van der Waals surface area contributed by atoms with Crippen LogP contribution in [-0.2, 0) is 0 Å². The van der Waals surface area contributed by atoms with Crippen molar-refractivity contribution in [3.05, 3.63) is 41.2 Å². The SMILES string of the molecule is CCOc1cccc(-c2nc(Cl)cc(C(C)C)n2)c1. The van der Waals surface area contributed by atoms with Gasteiger partial charge in [-0.25, -0.2) is 9.97 Å². The standard InChI is InChI=1S/C15H17ClN2O/c1-4-19-12-7-5-6-11(8-12)15-17-13(10(2)3)9-14(16)18-15/h5-10H,4H2,1-3H3. The summed E-state index contributed by atoms with van der Waals surface area (Å²) in [6, 6.07) is 9.54. The summed E-state index contributed by atoms with van der Waals surface area (Å²) in [5.74, 6) is 1.77. The number of rotatable bonds is 4. The minimum absolute atomic E-state index is 0.314. The minimum atomic E-state index is 0.314. The molecule has 0 amide bonds. The van der Waals surface area contributed by atoms with Gasteiger partial charge in [-0.2, -0.15) is 0 Å². The fourth-order valence-corrected chi connectivity index (χ4v) is 1.94. The van der Waals surface area contributed by atoms with Gasteiger partial charge in [0.05, 0.1) is 6.61 Å². The lowest BCUT2D eigenvalue weighted by Crippen LogP contribution is -1.98. The Morgan fingerprint density at radius 3 is 2.68 bits per heavy atom. The largest absolute Gasteiger partial charge is 0.494 e. The maximum atomic E-state index is 6.06. The van der Waals surface area contributed by atoms with E-state index in [0.29, 0.717) is 23.5 Å². The van der Waals surface area contributed by atoms with Crippen LogP contribution in [0.5, 0.6) is 5.75 Å². The first-order valence-electron chi connectivity index (χ1n) is 6.38. The molecule has 19 heavy (non-hydrogen) atoms. The van der Waals surface area contributed by atoms with Crippen LogP contribution in [0.15, 0.2) is 30.3 Å². The van der Waals surface area contributed by atoms with Crippen molar-refractivity contribution < 1.29 is 4.74 Å². The molecule has 1 heterocycles. The molecule has 0 N–H and O–H groups in total. The van der Waals surface area contributed by atoms with Gasteiger partial charge in [-0.3, -0.25) is 0 Å². The summed E-state index contributed by atoms with van der Waals surface area (Å²) < 4.78 is 5.49. The third-order valence-corrected chi connectivity index (χ3v) is 2.90. The van der Waals surface area contributed by atoms with Crippen LogP contribution < -0.4 is 4.74 Å². The normalized spacial score (nSPS) is 10.8. The van der Waals surface area contributed by atoms with Gasteiger partial charge in [0.15, 0.2) is 5.82 Å². The Bertz CT molecular complexity index is 570. The Balaban J connectivity index is 2.43. The molecular weight excluding hydrogens is 260 g/mol. The zero-order valence-corrected chi connectivity index (χ0v) is 12.1. The molecule has 100 valence electrons. The van der Waals surface area contributed by atoms with Crippen LogP contribution in [-0.4, -0.2) is 16.6 Å². The molecule has 3 nitrogen and oxygen atoms in total. The monoisotopic (exact) mass is 276 g/mol. The van der Waals surface area contributed by atoms with Gasteiger partial charge >= 0.3 is 0 Å². The lowest BCUT2D eigenvalue weighted by atomic mass is 10.1. The van der Waals surface area contributed by atoms with Crippen molar-refractivity contribution in [2.75, 3.05) is 6.61 Å². The fraction of sp³-hybridized carbons (Fsp3) is 0.333. The molecule has 0 aliphatic heterocycles. The van der Waals surface area contributed by atoms with E-state index in [2.05, 4.69) is 23.8 Å². The molecule has 0 atom stereocenters. The summed E-state index contributed by atoms with van der Waals surface area (Å²) in [7, 11) is 0. The number of ether oxygens (including phenoxy) is 1. The van der Waals surface area contributed by atoms with E-state index >= 15 is 0 Å². The molecule has 0 saturated carbocycles. The number of nitrogens with zero attached hydrogens (tertiary/aromatic N) is 2. The van der Waals surface area contributed by atoms with E-state index in [1.165, 1.54) is 0 Å². The average Bonchev–Trinajstić information content (AvgIpc) is 2.38. The molecule has 4 heteroatoms. The molecule has 0 aliphatic rings. The van der Waals surface area contributed by atoms with Crippen molar-refractivity contribution in [3.8, 4) is 17.1 Å². The molecular formula is C15H17ClN2O. The first-order chi connectivity index (χ1) is 9.10. The lowest BCUT2D eigenvalue weighted by Gasteiger charge is -2.09. The smallest absolute Gasteiger partial charge is 0.161 e. The fourth-order valence-electron chi connectivity index (χ4n) is 1.75. The zero-order chi connectivity index (χ0) is 13.8. The van der Waals surface area contributed by atoms with Crippen LogP contribution in [0.2, 0.25) is 5.15 Å². The molecule has 0 spiro atoms. The van der Waals surface area contributed by atoms with E-state index in [1.54, 1.807) is 0 Å². The molecule has 0 saturated heterocycles. The van der Waals surface area contributed by atoms with Gasteiger partial charge in [0, 0.05) is 11.3 Å². The predicted molar refractivity (Wildman–Crippen MR) is 77.7 cm³/mol. The first-order valence-corrected chi connectivity index (χ1v) is 6.75. The summed E-state index contributed by atoms with van der Waals surface area (Å²) in [4.78, 5) is 8.84. The van der Waals surface area contributed by atoms with Crippen molar-refractivity contribution in [3.63, 3.8) is 0 Å². The number of halogens is 1. The Morgan fingerprint density at radius 2 is 2.00 bits per heavy atom. The van der Waals surface area contributed by atoms with Gasteiger partial charge in [-0.05, 0) is 31.0 Å².